The lowest BCUT2D eigenvalue weighted by Crippen LogP contribution is -2.60. The van der Waals surface area contributed by atoms with Gasteiger partial charge in [-0.25, -0.2) is 9.97 Å². The summed E-state index contributed by atoms with van der Waals surface area (Å²) in [5, 5.41) is 29.4. The summed E-state index contributed by atoms with van der Waals surface area (Å²) in [5.41, 5.74) is 3.86. The molecule has 10 nitrogen and oxygen atoms in total. The van der Waals surface area contributed by atoms with Crippen LogP contribution >= 0.6 is 23.2 Å². The van der Waals surface area contributed by atoms with Gasteiger partial charge < -0.3 is 30.6 Å². The quantitative estimate of drug-likeness (QED) is 0.138. The van der Waals surface area contributed by atoms with Crippen LogP contribution in [0.2, 0.25) is 10.0 Å². The molecule has 66 heavy (non-hydrogen) atoms. The maximum Gasteiger partial charge on any atom is 0.226 e. The summed E-state index contributed by atoms with van der Waals surface area (Å²) in [6.07, 6.45) is 17.6. The molecule has 2 aliphatic heterocycles. The summed E-state index contributed by atoms with van der Waals surface area (Å²) in [5.74, 6) is 4.97. The second-order valence-electron chi connectivity index (χ2n) is 21.8. The van der Waals surface area contributed by atoms with Crippen molar-refractivity contribution in [1.29, 1.82) is 0 Å². The monoisotopic (exact) mass is 930 g/mol. The Balaban J connectivity index is 0.000000146. The zero-order chi connectivity index (χ0) is 45.2. The molecule has 8 bridgehead atoms. The van der Waals surface area contributed by atoms with E-state index in [1.165, 1.54) is 0 Å². The number of benzene rings is 2. The fourth-order valence-corrected chi connectivity index (χ4v) is 14.9. The van der Waals surface area contributed by atoms with E-state index in [0.29, 0.717) is 35.5 Å². The van der Waals surface area contributed by atoms with E-state index in [9.17, 15) is 19.8 Å². The topological polar surface area (TPSA) is 131 Å². The Hall–Kier alpha value is -4.22. The van der Waals surface area contributed by atoms with Gasteiger partial charge in [-0.2, -0.15) is 0 Å². The SMILES string of the molecule is O=C(N[C@H]1CCCN(c2ccc(-c3ccc(Cl)cc3)cn2)C1)C12CC3CC(C1)C(O)C(C3)C2.O=C(N[C@H]1CCCN(c2ccc(-c3ccc(Cl)cc3)cn2)C1)C12CC3CC(C1)C(O)C(C3)C2. The van der Waals surface area contributed by atoms with Crippen LogP contribution in [0.1, 0.15) is 89.9 Å². The molecule has 2 amide bonds. The Morgan fingerprint density at radius 3 is 1.24 bits per heavy atom. The van der Waals surface area contributed by atoms with E-state index in [2.05, 4.69) is 44.7 Å². The van der Waals surface area contributed by atoms with Gasteiger partial charge in [-0.1, -0.05) is 47.5 Å². The highest BCUT2D eigenvalue weighted by atomic mass is 35.5. The van der Waals surface area contributed by atoms with Crippen molar-refractivity contribution in [2.45, 2.75) is 114 Å². The number of carbonyl (C=O) groups excluding carboxylic acids is 2. The molecule has 10 aliphatic rings. The Kier molecular flexibility index (Phi) is 12.1. The zero-order valence-corrected chi connectivity index (χ0v) is 39.4. The maximum atomic E-state index is 13.5. The Bertz CT molecular complexity index is 2180. The molecule has 12 heteroatoms. The van der Waals surface area contributed by atoms with Gasteiger partial charge in [-0.15, -0.1) is 0 Å². The molecule has 8 saturated carbocycles. The third-order valence-electron chi connectivity index (χ3n) is 17.4. The summed E-state index contributed by atoms with van der Waals surface area (Å²) < 4.78 is 0. The first-order chi connectivity index (χ1) is 32.0. The molecule has 4 N–H and O–H groups in total. The minimum atomic E-state index is -0.240. The first-order valence-corrected chi connectivity index (χ1v) is 25.7. The van der Waals surface area contributed by atoms with Gasteiger partial charge in [0.05, 0.1) is 23.0 Å². The van der Waals surface area contributed by atoms with Crippen molar-refractivity contribution in [3.8, 4) is 22.3 Å². The molecule has 10 fully saturated rings. The van der Waals surface area contributed by atoms with Gasteiger partial charge in [0.1, 0.15) is 11.6 Å². The number of carbonyl (C=O) groups is 2. The lowest BCUT2D eigenvalue weighted by Gasteiger charge is -2.58. The van der Waals surface area contributed by atoms with Crippen LogP contribution in [0.3, 0.4) is 0 Å². The van der Waals surface area contributed by atoms with Gasteiger partial charge in [-0.3, -0.25) is 9.59 Å². The molecule has 2 aromatic carbocycles. The lowest BCUT2D eigenvalue weighted by molar-refractivity contribution is -0.164. The normalized spacial score (nSPS) is 35.0. The van der Waals surface area contributed by atoms with Gasteiger partial charge in [0, 0.05) is 71.8 Å². The van der Waals surface area contributed by atoms with E-state index in [-0.39, 0.29) is 46.9 Å². The van der Waals surface area contributed by atoms with Crippen LogP contribution in [0, 0.1) is 46.3 Å². The van der Waals surface area contributed by atoms with Crippen molar-refractivity contribution in [1.82, 2.24) is 20.6 Å². The molecule has 4 aromatic rings. The Morgan fingerprint density at radius 2 is 0.894 bits per heavy atom. The zero-order valence-electron chi connectivity index (χ0n) is 37.8. The van der Waals surface area contributed by atoms with Gasteiger partial charge in [0.25, 0.3) is 0 Å². The van der Waals surface area contributed by atoms with Crippen molar-refractivity contribution in [3.05, 3.63) is 95.2 Å². The second kappa shape index (κ2) is 18.0. The molecule has 0 radical (unpaired) electrons. The number of rotatable bonds is 8. The summed E-state index contributed by atoms with van der Waals surface area (Å²) in [6.45, 7) is 3.52. The number of piperidine rings is 2. The highest BCUT2D eigenvalue weighted by Crippen LogP contribution is 2.61. The van der Waals surface area contributed by atoms with Crippen LogP contribution in [0.4, 0.5) is 11.6 Å². The minimum absolute atomic E-state index is 0.155. The van der Waals surface area contributed by atoms with Crippen molar-refractivity contribution in [3.63, 3.8) is 0 Å². The minimum Gasteiger partial charge on any atom is -0.393 e. The van der Waals surface area contributed by atoms with Crippen molar-refractivity contribution >= 4 is 46.7 Å². The van der Waals surface area contributed by atoms with Gasteiger partial charge >= 0.3 is 0 Å². The number of nitrogens with one attached hydrogen (secondary N) is 2. The van der Waals surface area contributed by atoms with Crippen molar-refractivity contribution in [2.24, 2.45) is 46.3 Å². The van der Waals surface area contributed by atoms with Crippen molar-refractivity contribution < 1.29 is 19.8 Å². The first kappa shape index (κ1) is 44.3. The average Bonchev–Trinajstić information content (AvgIpc) is 3.33. The molecule has 348 valence electrons. The van der Waals surface area contributed by atoms with E-state index in [1.807, 2.05) is 60.9 Å². The smallest absolute Gasteiger partial charge is 0.226 e. The molecule has 0 spiro atoms. The van der Waals surface area contributed by atoms with E-state index < -0.39 is 0 Å². The third kappa shape index (κ3) is 8.73. The fraction of sp³-hybridized carbons (Fsp3) is 0.556. The molecule has 14 rings (SSSR count). The summed E-state index contributed by atoms with van der Waals surface area (Å²) >= 11 is 12.0. The maximum absolute atomic E-state index is 13.5. The number of anilines is 2. The van der Waals surface area contributed by atoms with Crippen LogP contribution in [-0.4, -0.2) is 82.5 Å². The Morgan fingerprint density at radius 1 is 0.530 bits per heavy atom. The number of nitrogens with zero attached hydrogens (tertiary/aromatic N) is 4. The molecule has 6 atom stereocenters. The number of aromatic nitrogens is 2. The average molecular weight is 932 g/mol. The number of aliphatic hydroxyl groups is 2. The summed E-state index contributed by atoms with van der Waals surface area (Å²) in [4.78, 5) is 41.1. The van der Waals surface area contributed by atoms with E-state index >= 15 is 0 Å². The molecule has 2 saturated heterocycles. The van der Waals surface area contributed by atoms with E-state index in [0.717, 1.165) is 160 Å². The molecular weight excluding hydrogens is 868 g/mol. The van der Waals surface area contributed by atoms with Crippen LogP contribution in [-0.2, 0) is 9.59 Å². The lowest BCUT2D eigenvalue weighted by atomic mass is 9.48. The van der Waals surface area contributed by atoms with E-state index in [4.69, 9.17) is 33.2 Å². The van der Waals surface area contributed by atoms with Gasteiger partial charge in [0.15, 0.2) is 0 Å². The van der Waals surface area contributed by atoms with E-state index in [1.54, 1.807) is 0 Å². The molecule has 2 aromatic heterocycles. The summed E-state index contributed by atoms with van der Waals surface area (Å²) in [6, 6.07) is 24.3. The van der Waals surface area contributed by atoms with Gasteiger partial charge in [-0.05, 0) is 185 Å². The fourth-order valence-electron chi connectivity index (χ4n) is 14.6. The number of amides is 2. The number of pyridine rings is 2. The number of halogens is 2. The van der Waals surface area contributed by atoms with Crippen molar-refractivity contribution in [2.75, 3.05) is 36.0 Å². The predicted octanol–water partition coefficient (Wildman–Crippen LogP) is 9.35. The van der Waals surface area contributed by atoms with Crippen LogP contribution in [0.25, 0.3) is 22.3 Å². The highest BCUT2D eigenvalue weighted by molar-refractivity contribution is 6.30. The third-order valence-corrected chi connectivity index (χ3v) is 17.9. The molecule has 8 aliphatic carbocycles. The molecule has 4 unspecified atom stereocenters. The van der Waals surface area contributed by atoms with Crippen LogP contribution < -0.4 is 20.4 Å². The summed E-state index contributed by atoms with van der Waals surface area (Å²) in [7, 11) is 0. The second-order valence-corrected chi connectivity index (χ2v) is 22.7. The molecule has 4 heterocycles. The standard InChI is InChI=1S/2C27H32ClN3O2/c2*28-22-6-3-18(4-7-22)19-5-8-24(29-15-19)31-9-1-2-23(16-31)30-26(33)27-12-17-10-20(13-27)25(32)21(11-17)14-27/h2*3-8,15,17,20-21,23,25,32H,1-2,9-14,16H2,(H,30,33)/t2*17?,20?,21?,23-,25?,27?/m00/s1. The predicted molar refractivity (Wildman–Crippen MR) is 260 cm³/mol. The number of aliphatic hydroxyl groups excluding tert-OH is 2. The molecular formula is C54H64Cl2N6O4. The number of hydrogen-bond acceptors (Lipinski definition) is 8. The highest BCUT2D eigenvalue weighted by Gasteiger charge is 2.59. The largest absolute Gasteiger partial charge is 0.393 e. The Labute approximate surface area is 399 Å². The van der Waals surface area contributed by atoms with Gasteiger partial charge in [0.2, 0.25) is 11.8 Å². The number of hydrogen-bond donors (Lipinski definition) is 4. The van der Waals surface area contributed by atoms with Crippen LogP contribution in [0.5, 0.6) is 0 Å². The van der Waals surface area contributed by atoms with Crippen LogP contribution in [0.15, 0.2) is 85.2 Å². The first-order valence-electron chi connectivity index (χ1n) is 24.9.